The molecule has 7 heteroatoms. The molecule has 4 nitrogen and oxygen atoms in total. The molecule has 2 aliphatic rings. The van der Waals surface area contributed by atoms with E-state index in [0.29, 0.717) is 6.42 Å². The molecule has 0 aromatic heterocycles. The second-order valence-corrected chi connectivity index (χ2v) is 6.30. The number of halogens is 3. The van der Waals surface area contributed by atoms with E-state index in [1.54, 1.807) is 6.92 Å². The maximum atomic E-state index is 12.7. The van der Waals surface area contributed by atoms with Crippen LogP contribution in [0, 0.1) is 5.92 Å². The van der Waals surface area contributed by atoms with E-state index in [9.17, 15) is 23.1 Å². The van der Waals surface area contributed by atoms with Gasteiger partial charge in [-0.3, -0.25) is 15.0 Å². The minimum absolute atomic E-state index is 0.0526. The summed E-state index contributed by atoms with van der Waals surface area (Å²) in [5.74, 6) is -1.07. The molecule has 2 fully saturated rings. The Balaban J connectivity index is 2.12. The summed E-state index contributed by atoms with van der Waals surface area (Å²) in [5, 5.41) is 12.8. The third kappa shape index (κ3) is 4.57. The molecule has 0 saturated heterocycles. The fraction of sp³-hybridized carbons (Fsp3) is 0.929. The number of nitrogens with one attached hydrogen (secondary N) is 1. The van der Waals surface area contributed by atoms with Crippen LogP contribution in [0.5, 0.6) is 0 Å². The van der Waals surface area contributed by atoms with E-state index in [2.05, 4.69) is 5.32 Å². The standard InChI is InChI=1S/C14H23F3N2O2/c1-2-7-19(9-14(15,16)17)8-13(12(20)21,10-3-4-10)18-11-5-6-11/h10-11,18H,2-9H2,1H3,(H,20,21). The lowest BCUT2D eigenvalue weighted by molar-refractivity contribution is -0.157. The second-order valence-electron chi connectivity index (χ2n) is 6.30. The van der Waals surface area contributed by atoms with Crippen LogP contribution in [-0.4, -0.2) is 53.4 Å². The van der Waals surface area contributed by atoms with Gasteiger partial charge < -0.3 is 5.11 Å². The number of hydrogen-bond donors (Lipinski definition) is 2. The third-order valence-electron chi connectivity index (χ3n) is 4.11. The van der Waals surface area contributed by atoms with E-state index in [0.717, 1.165) is 25.7 Å². The van der Waals surface area contributed by atoms with Crippen molar-refractivity contribution in [3.05, 3.63) is 0 Å². The fourth-order valence-corrected chi connectivity index (χ4v) is 2.90. The van der Waals surface area contributed by atoms with Crippen molar-refractivity contribution in [1.29, 1.82) is 0 Å². The van der Waals surface area contributed by atoms with Crippen LogP contribution in [0.15, 0.2) is 0 Å². The second kappa shape index (κ2) is 6.12. The molecule has 0 spiro atoms. The molecular formula is C14H23F3N2O2. The number of nitrogens with zero attached hydrogens (tertiary/aromatic N) is 1. The number of carboxylic acid groups (broad SMARTS) is 1. The molecule has 0 radical (unpaired) electrons. The molecule has 21 heavy (non-hydrogen) atoms. The highest BCUT2D eigenvalue weighted by Crippen LogP contribution is 2.42. The van der Waals surface area contributed by atoms with Gasteiger partial charge >= 0.3 is 12.1 Å². The zero-order valence-corrected chi connectivity index (χ0v) is 12.2. The average Bonchev–Trinajstić information content (AvgIpc) is 3.20. The molecule has 0 aromatic carbocycles. The van der Waals surface area contributed by atoms with E-state index in [1.165, 1.54) is 4.90 Å². The Hall–Kier alpha value is -0.820. The Morgan fingerprint density at radius 2 is 1.86 bits per heavy atom. The molecule has 0 aromatic rings. The van der Waals surface area contributed by atoms with E-state index in [1.807, 2.05) is 0 Å². The Bertz CT molecular complexity index is 381. The van der Waals surface area contributed by atoms with Crippen LogP contribution in [0.2, 0.25) is 0 Å². The summed E-state index contributed by atoms with van der Waals surface area (Å²) < 4.78 is 38.1. The van der Waals surface area contributed by atoms with Gasteiger partial charge in [0.25, 0.3) is 0 Å². The van der Waals surface area contributed by atoms with Gasteiger partial charge in [-0.05, 0) is 44.6 Å². The van der Waals surface area contributed by atoms with E-state index >= 15 is 0 Å². The highest BCUT2D eigenvalue weighted by molar-refractivity contribution is 5.80. The number of rotatable bonds is 9. The van der Waals surface area contributed by atoms with Crippen molar-refractivity contribution in [3.8, 4) is 0 Å². The Labute approximate surface area is 122 Å². The molecule has 2 aliphatic carbocycles. The molecule has 0 heterocycles. The first-order valence-corrected chi connectivity index (χ1v) is 7.57. The molecule has 122 valence electrons. The summed E-state index contributed by atoms with van der Waals surface area (Å²) in [6.07, 6.45) is -0.359. The van der Waals surface area contributed by atoms with Crippen molar-refractivity contribution in [2.45, 2.75) is 56.8 Å². The number of hydrogen-bond acceptors (Lipinski definition) is 3. The fourth-order valence-electron chi connectivity index (χ4n) is 2.90. The van der Waals surface area contributed by atoms with Crippen molar-refractivity contribution >= 4 is 5.97 Å². The Morgan fingerprint density at radius 1 is 1.24 bits per heavy atom. The summed E-state index contributed by atoms with van der Waals surface area (Å²) >= 11 is 0. The molecule has 0 amide bonds. The van der Waals surface area contributed by atoms with Gasteiger partial charge in [0.15, 0.2) is 0 Å². The number of carbonyl (C=O) groups is 1. The first kappa shape index (κ1) is 16.5. The summed E-state index contributed by atoms with van der Waals surface area (Å²) in [7, 11) is 0. The summed E-state index contributed by atoms with van der Waals surface area (Å²) in [6.45, 7) is 0.941. The normalized spacial score (nSPS) is 22.3. The monoisotopic (exact) mass is 308 g/mol. The lowest BCUT2D eigenvalue weighted by Crippen LogP contribution is -2.62. The smallest absolute Gasteiger partial charge is 0.401 e. The highest BCUT2D eigenvalue weighted by Gasteiger charge is 2.54. The third-order valence-corrected chi connectivity index (χ3v) is 4.11. The quantitative estimate of drug-likeness (QED) is 0.686. The van der Waals surface area contributed by atoms with Crippen molar-refractivity contribution < 1.29 is 23.1 Å². The van der Waals surface area contributed by atoms with Crippen molar-refractivity contribution in [2.24, 2.45) is 5.92 Å². The van der Waals surface area contributed by atoms with Crippen molar-refractivity contribution in [2.75, 3.05) is 19.6 Å². The largest absolute Gasteiger partial charge is 0.480 e. The van der Waals surface area contributed by atoms with Crippen LogP contribution in [-0.2, 0) is 4.79 Å². The molecule has 2 rings (SSSR count). The predicted molar refractivity (Wildman–Crippen MR) is 72.0 cm³/mol. The predicted octanol–water partition coefficient (Wildman–Crippen LogP) is 2.25. The molecule has 1 atom stereocenters. The maximum absolute atomic E-state index is 12.7. The first-order chi connectivity index (χ1) is 9.77. The zero-order chi connectivity index (χ0) is 15.7. The van der Waals surface area contributed by atoms with Gasteiger partial charge in [0.2, 0.25) is 0 Å². The van der Waals surface area contributed by atoms with Gasteiger partial charge in [-0.15, -0.1) is 0 Å². The van der Waals surface area contributed by atoms with Gasteiger partial charge in [-0.1, -0.05) is 6.92 Å². The molecule has 0 bridgehead atoms. The van der Waals surface area contributed by atoms with Crippen LogP contribution in [0.4, 0.5) is 13.2 Å². The topological polar surface area (TPSA) is 52.6 Å². The van der Waals surface area contributed by atoms with Crippen LogP contribution in [0.3, 0.4) is 0 Å². The molecule has 0 aliphatic heterocycles. The van der Waals surface area contributed by atoms with Gasteiger partial charge in [0, 0.05) is 12.6 Å². The van der Waals surface area contributed by atoms with E-state index in [4.69, 9.17) is 0 Å². The Morgan fingerprint density at radius 3 is 2.24 bits per heavy atom. The van der Waals surface area contributed by atoms with Gasteiger partial charge in [-0.2, -0.15) is 13.2 Å². The van der Waals surface area contributed by atoms with E-state index < -0.39 is 24.2 Å². The van der Waals surface area contributed by atoms with Crippen LogP contribution < -0.4 is 5.32 Å². The minimum Gasteiger partial charge on any atom is -0.480 e. The number of alkyl halides is 3. The van der Waals surface area contributed by atoms with Gasteiger partial charge in [0.05, 0.1) is 6.54 Å². The maximum Gasteiger partial charge on any atom is 0.401 e. The SMILES string of the molecule is CCCN(CC(F)(F)F)CC(NC1CC1)(C(=O)O)C1CC1. The zero-order valence-electron chi connectivity index (χ0n) is 12.2. The molecule has 1 unspecified atom stereocenters. The molecule has 2 N–H and O–H groups in total. The summed E-state index contributed by atoms with van der Waals surface area (Å²) in [4.78, 5) is 13.0. The summed E-state index contributed by atoms with van der Waals surface area (Å²) in [5.41, 5.74) is -1.22. The van der Waals surface area contributed by atoms with Gasteiger partial charge in [-0.25, -0.2) is 0 Å². The highest BCUT2D eigenvalue weighted by atomic mass is 19.4. The number of carboxylic acids is 1. The molecular weight excluding hydrogens is 285 g/mol. The first-order valence-electron chi connectivity index (χ1n) is 7.57. The van der Waals surface area contributed by atoms with E-state index in [-0.39, 0.29) is 25.0 Å². The average molecular weight is 308 g/mol. The van der Waals surface area contributed by atoms with Crippen molar-refractivity contribution in [1.82, 2.24) is 10.2 Å². The lowest BCUT2D eigenvalue weighted by atomic mass is 9.91. The van der Waals surface area contributed by atoms with Crippen molar-refractivity contribution in [3.63, 3.8) is 0 Å². The lowest BCUT2D eigenvalue weighted by Gasteiger charge is -2.36. The minimum atomic E-state index is -4.30. The van der Waals surface area contributed by atoms with Crippen LogP contribution in [0.1, 0.15) is 39.0 Å². The Kier molecular flexibility index (Phi) is 4.82. The number of aliphatic carboxylic acids is 1. The van der Waals surface area contributed by atoms with Gasteiger partial charge in [0.1, 0.15) is 5.54 Å². The summed E-state index contributed by atoms with van der Waals surface area (Å²) in [6, 6.07) is 0.149. The molecule has 2 saturated carbocycles. The van der Waals surface area contributed by atoms with Crippen LogP contribution in [0.25, 0.3) is 0 Å². The van der Waals surface area contributed by atoms with Crippen LogP contribution >= 0.6 is 0 Å².